The van der Waals surface area contributed by atoms with Crippen LogP contribution in [0.25, 0.3) is 0 Å². The van der Waals surface area contributed by atoms with Crippen molar-refractivity contribution in [2.24, 2.45) is 5.92 Å². The van der Waals surface area contributed by atoms with Crippen molar-refractivity contribution in [1.29, 1.82) is 0 Å². The van der Waals surface area contributed by atoms with E-state index in [1.807, 2.05) is 6.07 Å². The number of carbonyl (C=O) groups excluding carboxylic acids is 1. The minimum atomic E-state index is -0.226. The number of aliphatic hydroxyl groups excluding tert-OH is 1. The predicted octanol–water partition coefficient (Wildman–Crippen LogP) is 0.435. The quantitative estimate of drug-likeness (QED) is 0.825. The lowest BCUT2D eigenvalue weighted by atomic mass is 9.95. The molecule has 2 rings (SSSR count). The summed E-state index contributed by atoms with van der Waals surface area (Å²) >= 11 is 0. The smallest absolute Gasteiger partial charge is 0.271 e. The summed E-state index contributed by atoms with van der Waals surface area (Å²) in [5.74, 6) is 1.09. The normalized spacial score (nSPS) is 19.3. The van der Waals surface area contributed by atoms with Crippen LogP contribution in [0.4, 0.5) is 5.82 Å². The summed E-state index contributed by atoms with van der Waals surface area (Å²) in [5, 5.41) is 19.6. The molecule has 1 aliphatic heterocycles. The Morgan fingerprint density at radius 2 is 2.37 bits per heavy atom. The van der Waals surface area contributed by atoms with Crippen LogP contribution in [0.3, 0.4) is 0 Å². The van der Waals surface area contributed by atoms with Crippen LogP contribution >= 0.6 is 0 Å². The molecule has 0 spiro atoms. The van der Waals surface area contributed by atoms with Crippen molar-refractivity contribution in [3.63, 3.8) is 0 Å². The topological polar surface area (TPSA) is 78.4 Å². The van der Waals surface area contributed by atoms with Crippen molar-refractivity contribution < 1.29 is 9.90 Å². The molecule has 19 heavy (non-hydrogen) atoms. The number of carbonyl (C=O) groups is 1. The van der Waals surface area contributed by atoms with Crippen LogP contribution in [-0.4, -0.2) is 48.0 Å². The van der Waals surface area contributed by atoms with Crippen LogP contribution in [-0.2, 0) is 0 Å². The number of amides is 1. The van der Waals surface area contributed by atoms with Crippen LogP contribution in [0.5, 0.6) is 0 Å². The molecular formula is C13H20N4O2. The maximum atomic E-state index is 11.4. The molecule has 1 aliphatic rings. The van der Waals surface area contributed by atoms with Gasteiger partial charge in [0.2, 0.25) is 0 Å². The van der Waals surface area contributed by atoms with Crippen LogP contribution in [0, 0.1) is 5.92 Å². The molecule has 1 amide bonds. The third-order valence-corrected chi connectivity index (χ3v) is 3.49. The zero-order valence-electron chi connectivity index (χ0n) is 11.2. The fourth-order valence-electron chi connectivity index (χ4n) is 2.43. The first-order chi connectivity index (χ1) is 9.24. The van der Waals surface area contributed by atoms with Crippen molar-refractivity contribution in [2.75, 3.05) is 31.6 Å². The van der Waals surface area contributed by atoms with E-state index in [0.717, 1.165) is 38.2 Å². The van der Waals surface area contributed by atoms with Gasteiger partial charge in [-0.25, -0.2) is 0 Å². The number of hydrogen-bond acceptors (Lipinski definition) is 5. The molecule has 1 fully saturated rings. The van der Waals surface area contributed by atoms with Gasteiger partial charge in [-0.3, -0.25) is 4.79 Å². The minimum absolute atomic E-state index is 0.226. The number of piperidine rings is 1. The van der Waals surface area contributed by atoms with E-state index in [9.17, 15) is 4.79 Å². The molecule has 104 valence electrons. The second-order valence-corrected chi connectivity index (χ2v) is 4.82. The average molecular weight is 264 g/mol. The third-order valence-electron chi connectivity index (χ3n) is 3.49. The van der Waals surface area contributed by atoms with E-state index in [4.69, 9.17) is 5.11 Å². The van der Waals surface area contributed by atoms with Crippen LogP contribution in [0.15, 0.2) is 12.1 Å². The van der Waals surface area contributed by atoms with E-state index in [-0.39, 0.29) is 12.5 Å². The lowest BCUT2D eigenvalue weighted by molar-refractivity contribution is 0.0957. The molecule has 1 unspecified atom stereocenters. The fourth-order valence-corrected chi connectivity index (χ4v) is 2.43. The molecule has 1 saturated heterocycles. The predicted molar refractivity (Wildman–Crippen MR) is 72.1 cm³/mol. The Morgan fingerprint density at radius 3 is 3.00 bits per heavy atom. The van der Waals surface area contributed by atoms with Crippen LogP contribution < -0.4 is 10.2 Å². The molecular weight excluding hydrogens is 244 g/mol. The molecule has 1 aromatic heterocycles. The Labute approximate surface area is 112 Å². The summed E-state index contributed by atoms with van der Waals surface area (Å²) in [5.41, 5.74) is 0.329. The van der Waals surface area contributed by atoms with E-state index in [2.05, 4.69) is 20.4 Å². The summed E-state index contributed by atoms with van der Waals surface area (Å²) in [7, 11) is 1.57. The van der Waals surface area contributed by atoms with E-state index in [1.54, 1.807) is 13.1 Å². The van der Waals surface area contributed by atoms with Crippen molar-refractivity contribution in [2.45, 2.75) is 19.3 Å². The largest absolute Gasteiger partial charge is 0.396 e. The van der Waals surface area contributed by atoms with Gasteiger partial charge in [-0.1, -0.05) is 0 Å². The summed E-state index contributed by atoms with van der Waals surface area (Å²) in [6, 6.07) is 3.52. The number of nitrogens with one attached hydrogen (secondary N) is 1. The van der Waals surface area contributed by atoms with Gasteiger partial charge in [0, 0.05) is 26.7 Å². The van der Waals surface area contributed by atoms with Crippen LogP contribution in [0.2, 0.25) is 0 Å². The van der Waals surface area contributed by atoms with E-state index in [1.165, 1.54) is 0 Å². The monoisotopic (exact) mass is 264 g/mol. The number of nitrogens with zero attached hydrogens (tertiary/aromatic N) is 3. The second kappa shape index (κ2) is 6.47. The number of anilines is 1. The molecule has 2 heterocycles. The molecule has 0 aromatic carbocycles. The highest BCUT2D eigenvalue weighted by Gasteiger charge is 2.21. The lowest BCUT2D eigenvalue weighted by Gasteiger charge is -2.33. The first-order valence-electron chi connectivity index (χ1n) is 6.66. The average Bonchev–Trinajstić information content (AvgIpc) is 2.47. The Morgan fingerprint density at radius 1 is 1.53 bits per heavy atom. The molecule has 6 heteroatoms. The SMILES string of the molecule is CNC(=O)c1ccc(N2CCCC(CCO)C2)nn1. The fraction of sp³-hybridized carbons (Fsp3) is 0.615. The first-order valence-corrected chi connectivity index (χ1v) is 6.66. The van der Waals surface area contributed by atoms with Gasteiger partial charge in [0.25, 0.3) is 5.91 Å². The highest BCUT2D eigenvalue weighted by molar-refractivity contribution is 5.91. The molecule has 0 aliphatic carbocycles. The number of hydrogen-bond donors (Lipinski definition) is 2. The first kappa shape index (κ1) is 13.7. The Bertz CT molecular complexity index is 419. The number of rotatable bonds is 4. The minimum Gasteiger partial charge on any atom is -0.396 e. The van der Waals surface area contributed by atoms with Crippen LogP contribution in [0.1, 0.15) is 29.8 Å². The van der Waals surface area contributed by atoms with Crippen molar-refractivity contribution in [3.8, 4) is 0 Å². The van der Waals surface area contributed by atoms with E-state index in [0.29, 0.717) is 11.6 Å². The molecule has 1 atom stereocenters. The number of aromatic nitrogens is 2. The van der Waals surface area contributed by atoms with Gasteiger partial charge in [0.05, 0.1) is 0 Å². The summed E-state index contributed by atoms with van der Waals surface area (Å²) < 4.78 is 0. The Hall–Kier alpha value is -1.69. The summed E-state index contributed by atoms with van der Waals surface area (Å²) in [6.45, 7) is 2.09. The van der Waals surface area contributed by atoms with Crippen molar-refractivity contribution in [1.82, 2.24) is 15.5 Å². The van der Waals surface area contributed by atoms with Gasteiger partial charge in [0.1, 0.15) is 0 Å². The molecule has 0 bridgehead atoms. The van der Waals surface area contributed by atoms with Gasteiger partial charge >= 0.3 is 0 Å². The van der Waals surface area contributed by atoms with Crippen molar-refractivity contribution in [3.05, 3.63) is 17.8 Å². The summed E-state index contributed by atoms with van der Waals surface area (Å²) in [4.78, 5) is 13.6. The highest BCUT2D eigenvalue weighted by Crippen LogP contribution is 2.23. The highest BCUT2D eigenvalue weighted by atomic mass is 16.3. The molecule has 0 saturated carbocycles. The second-order valence-electron chi connectivity index (χ2n) is 4.82. The third kappa shape index (κ3) is 3.41. The maximum absolute atomic E-state index is 11.4. The van der Waals surface area contributed by atoms with Gasteiger partial charge in [-0.2, -0.15) is 0 Å². The Balaban J connectivity index is 2.03. The molecule has 1 aromatic rings. The summed E-state index contributed by atoms with van der Waals surface area (Å²) in [6.07, 6.45) is 3.09. The van der Waals surface area contributed by atoms with E-state index < -0.39 is 0 Å². The van der Waals surface area contributed by atoms with Crippen molar-refractivity contribution >= 4 is 11.7 Å². The lowest BCUT2D eigenvalue weighted by Crippen LogP contribution is -2.36. The zero-order valence-corrected chi connectivity index (χ0v) is 11.2. The van der Waals surface area contributed by atoms with E-state index >= 15 is 0 Å². The Kier molecular flexibility index (Phi) is 4.68. The molecule has 2 N–H and O–H groups in total. The molecule has 6 nitrogen and oxygen atoms in total. The standard InChI is InChI=1S/C13H20N4O2/c1-14-13(19)11-4-5-12(16-15-11)17-7-2-3-10(9-17)6-8-18/h4-5,10,18H,2-3,6-9H2,1H3,(H,14,19). The van der Waals surface area contributed by atoms with Gasteiger partial charge in [-0.15, -0.1) is 10.2 Å². The zero-order chi connectivity index (χ0) is 13.7. The van der Waals surface area contributed by atoms with Gasteiger partial charge in [-0.05, 0) is 37.3 Å². The maximum Gasteiger partial charge on any atom is 0.271 e. The number of aliphatic hydroxyl groups is 1. The van der Waals surface area contributed by atoms with Gasteiger partial charge in [0.15, 0.2) is 11.5 Å². The van der Waals surface area contributed by atoms with Gasteiger partial charge < -0.3 is 15.3 Å². The molecule has 0 radical (unpaired) electrons.